The van der Waals surface area contributed by atoms with Crippen LogP contribution in [0.25, 0.3) is 0 Å². The molecule has 0 N–H and O–H groups in total. The average Bonchev–Trinajstić information content (AvgIpc) is 2.99. The highest BCUT2D eigenvalue weighted by Crippen LogP contribution is 2.36. The Bertz CT molecular complexity index is 1540. The molecular weight excluding hydrogens is 680 g/mol. The summed E-state index contributed by atoms with van der Waals surface area (Å²) < 4.78 is 0.903. The van der Waals surface area contributed by atoms with E-state index < -0.39 is 0 Å². The van der Waals surface area contributed by atoms with Crippen molar-refractivity contribution in [2.24, 2.45) is 0 Å². The first-order valence-corrected chi connectivity index (χ1v) is 15.7. The Hall–Kier alpha value is -3.24. The third-order valence-electron chi connectivity index (χ3n) is 6.06. The lowest BCUT2D eigenvalue weighted by Gasteiger charge is -2.25. The molecule has 0 saturated carbocycles. The fourth-order valence-electron chi connectivity index (χ4n) is 4.22. The summed E-state index contributed by atoms with van der Waals surface area (Å²) >= 11 is 26.8. The summed E-state index contributed by atoms with van der Waals surface area (Å²) in [5.74, 6) is 0. The van der Waals surface area contributed by atoms with Crippen LogP contribution in [0.2, 0.25) is 20.1 Å². The summed E-state index contributed by atoms with van der Waals surface area (Å²) in [6, 6.07) is 52.2. The van der Waals surface area contributed by atoms with Gasteiger partial charge in [-0.2, -0.15) is 0 Å². The summed E-state index contributed by atoms with van der Waals surface area (Å²) in [6.07, 6.45) is 1.03. The number of para-hydroxylation sites is 2. The third kappa shape index (κ3) is 11.1. The van der Waals surface area contributed by atoms with Crippen molar-refractivity contribution >= 4 is 79.4 Å². The van der Waals surface area contributed by atoms with Crippen LogP contribution in [0, 0.1) is 0 Å². The third-order valence-corrected chi connectivity index (χ3v) is 7.39. The van der Waals surface area contributed by atoms with Gasteiger partial charge in [-0.15, -0.1) is 0 Å². The predicted octanol–water partition coefficient (Wildman–Crippen LogP) is 13.5. The lowest BCUT2D eigenvalue weighted by molar-refractivity contribution is 1.19. The van der Waals surface area contributed by atoms with E-state index in [2.05, 4.69) is 106 Å². The molecule has 0 saturated heterocycles. The highest BCUT2D eigenvalue weighted by molar-refractivity contribution is 9.10. The maximum atomic E-state index is 6.16. The summed E-state index contributed by atoms with van der Waals surface area (Å²) in [6.45, 7) is 0. The van der Waals surface area contributed by atoms with Crippen LogP contribution >= 0.6 is 62.3 Å². The molecular formula is C37H28BrCl4N. The van der Waals surface area contributed by atoms with Gasteiger partial charge in [0.05, 0.1) is 0 Å². The van der Waals surface area contributed by atoms with Gasteiger partial charge < -0.3 is 4.90 Å². The van der Waals surface area contributed by atoms with Crippen LogP contribution < -0.4 is 4.90 Å². The van der Waals surface area contributed by atoms with Crippen molar-refractivity contribution in [1.82, 2.24) is 0 Å². The van der Waals surface area contributed by atoms with Gasteiger partial charge in [-0.25, -0.2) is 0 Å². The largest absolute Gasteiger partial charge is 0.310 e. The van der Waals surface area contributed by atoms with Crippen molar-refractivity contribution in [2.45, 2.75) is 6.42 Å². The molecule has 0 aliphatic carbocycles. The van der Waals surface area contributed by atoms with Gasteiger partial charge in [0, 0.05) is 41.6 Å². The number of hydrogen-bond donors (Lipinski definition) is 0. The molecule has 0 radical (unpaired) electrons. The van der Waals surface area contributed by atoms with Gasteiger partial charge in [0.1, 0.15) is 0 Å². The minimum Gasteiger partial charge on any atom is -0.310 e. The van der Waals surface area contributed by atoms with Crippen LogP contribution in [0.15, 0.2) is 162 Å². The van der Waals surface area contributed by atoms with E-state index in [9.17, 15) is 0 Å². The van der Waals surface area contributed by atoms with Gasteiger partial charge in [-0.1, -0.05) is 159 Å². The fraction of sp³-hybridized carbons (Fsp3) is 0.0270. The SMILES string of the molecule is Clc1cc(Cl)cc(Br)c1.Clc1cc(Cl)cc(N(c2ccccc2)c2ccccc2)c1.c1ccc(Cc2ccccc2)cc1. The van der Waals surface area contributed by atoms with Crippen LogP contribution in [-0.2, 0) is 6.42 Å². The van der Waals surface area contributed by atoms with Gasteiger partial charge in [0.2, 0.25) is 0 Å². The monoisotopic (exact) mass is 705 g/mol. The Kier molecular flexibility index (Phi) is 13.0. The molecule has 0 aliphatic rings. The van der Waals surface area contributed by atoms with E-state index >= 15 is 0 Å². The van der Waals surface area contributed by atoms with Crippen molar-refractivity contribution in [1.29, 1.82) is 0 Å². The fourth-order valence-corrected chi connectivity index (χ4v) is 6.01. The summed E-state index contributed by atoms with van der Waals surface area (Å²) in [5.41, 5.74) is 5.79. The normalized spacial score (nSPS) is 10.1. The van der Waals surface area contributed by atoms with Gasteiger partial charge in [0.15, 0.2) is 0 Å². The van der Waals surface area contributed by atoms with Crippen LogP contribution in [0.5, 0.6) is 0 Å². The molecule has 216 valence electrons. The number of nitrogens with zero attached hydrogens (tertiary/aromatic N) is 1. The molecule has 0 fully saturated rings. The number of benzene rings is 6. The van der Waals surface area contributed by atoms with E-state index in [1.54, 1.807) is 24.3 Å². The van der Waals surface area contributed by atoms with Gasteiger partial charge in [-0.3, -0.25) is 0 Å². The number of anilines is 3. The number of hydrogen-bond acceptors (Lipinski definition) is 1. The average molecular weight is 708 g/mol. The molecule has 6 heteroatoms. The van der Waals surface area contributed by atoms with Crippen LogP contribution in [-0.4, -0.2) is 0 Å². The topological polar surface area (TPSA) is 3.24 Å². The lowest BCUT2D eigenvalue weighted by Crippen LogP contribution is -2.09. The molecule has 0 aromatic heterocycles. The Balaban J connectivity index is 0.000000163. The van der Waals surface area contributed by atoms with Crippen molar-refractivity contribution in [3.63, 3.8) is 0 Å². The summed E-state index contributed by atoms with van der Waals surface area (Å²) in [7, 11) is 0. The second-order valence-electron chi connectivity index (χ2n) is 9.37. The second-order valence-corrected chi connectivity index (χ2v) is 12.0. The zero-order valence-electron chi connectivity index (χ0n) is 23.1. The van der Waals surface area contributed by atoms with E-state index in [-0.39, 0.29) is 0 Å². The van der Waals surface area contributed by atoms with E-state index in [0.29, 0.717) is 20.1 Å². The first kappa shape index (κ1) is 32.7. The molecule has 43 heavy (non-hydrogen) atoms. The van der Waals surface area contributed by atoms with E-state index in [1.807, 2.05) is 48.5 Å². The van der Waals surface area contributed by atoms with Crippen molar-refractivity contribution in [3.8, 4) is 0 Å². The molecule has 0 spiro atoms. The van der Waals surface area contributed by atoms with Crippen molar-refractivity contribution in [2.75, 3.05) is 4.90 Å². The first-order chi connectivity index (χ1) is 20.9. The van der Waals surface area contributed by atoms with Crippen LogP contribution in [0.3, 0.4) is 0 Å². The smallest absolute Gasteiger partial charge is 0.0491 e. The molecule has 0 atom stereocenters. The number of halogens is 5. The molecule has 6 aromatic rings. The first-order valence-electron chi connectivity index (χ1n) is 13.4. The molecule has 0 unspecified atom stereocenters. The zero-order chi connectivity index (χ0) is 30.4. The van der Waals surface area contributed by atoms with Crippen LogP contribution in [0.4, 0.5) is 17.1 Å². The maximum absolute atomic E-state index is 6.16. The highest BCUT2D eigenvalue weighted by Gasteiger charge is 2.12. The quantitative estimate of drug-likeness (QED) is 0.172. The second kappa shape index (κ2) is 17.2. The van der Waals surface area contributed by atoms with Gasteiger partial charge in [-0.05, 0) is 78.2 Å². The minimum absolute atomic E-state index is 0.620. The van der Waals surface area contributed by atoms with E-state index in [1.165, 1.54) is 11.1 Å². The Morgan fingerprint density at radius 1 is 0.395 bits per heavy atom. The molecule has 6 rings (SSSR count). The van der Waals surface area contributed by atoms with Gasteiger partial charge >= 0.3 is 0 Å². The Morgan fingerprint density at radius 3 is 1.07 bits per heavy atom. The predicted molar refractivity (Wildman–Crippen MR) is 191 cm³/mol. The van der Waals surface area contributed by atoms with Gasteiger partial charge in [0.25, 0.3) is 0 Å². The zero-order valence-corrected chi connectivity index (χ0v) is 27.7. The molecule has 6 aromatic carbocycles. The number of rotatable bonds is 5. The molecule has 1 nitrogen and oxygen atoms in total. The molecule has 0 bridgehead atoms. The van der Waals surface area contributed by atoms with Crippen molar-refractivity contribution < 1.29 is 0 Å². The standard InChI is InChI=1S/C18H13Cl2N.C13H12.C6H3BrCl2/c19-14-11-15(20)13-18(12-14)21(16-7-3-1-4-8-16)17-9-5-2-6-10-17;1-3-7-12(8-4-1)11-13-9-5-2-6-10-13;7-4-1-5(8)3-6(9)2-4/h1-13H;1-10H,11H2;1-3H. The maximum Gasteiger partial charge on any atom is 0.0491 e. The lowest BCUT2D eigenvalue weighted by atomic mass is 10.1. The molecule has 0 amide bonds. The Labute approximate surface area is 282 Å². The summed E-state index contributed by atoms with van der Waals surface area (Å²) in [5, 5.41) is 2.53. The summed E-state index contributed by atoms with van der Waals surface area (Å²) in [4.78, 5) is 2.12. The van der Waals surface area contributed by atoms with E-state index in [4.69, 9.17) is 46.4 Å². The minimum atomic E-state index is 0.620. The molecule has 0 heterocycles. The van der Waals surface area contributed by atoms with Crippen molar-refractivity contribution in [3.05, 3.63) is 193 Å². The molecule has 0 aliphatic heterocycles. The van der Waals surface area contributed by atoms with Crippen LogP contribution in [0.1, 0.15) is 11.1 Å². The highest BCUT2D eigenvalue weighted by atomic mass is 79.9. The van der Waals surface area contributed by atoms with E-state index in [0.717, 1.165) is 28.0 Å². The Morgan fingerprint density at radius 2 is 0.721 bits per heavy atom.